The summed E-state index contributed by atoms with van der Waals surface area (Å²) in [4.78, 5) is 36.4. The van der Waals surface area contributed by atoms with Crippen LogP contribution in [0.1, 0.15) is 27.7 Å². The molecule has 15 heteroatoms. The van der Waals surface area contributed by atoms with Crippen molar-refractivity contribution in [2.24, 2.45) is 23.7 Å². The molecule has 10 atom stereocenters. The lowest BCUT2D eigenvalue weighted by Crippen LogP contribution is -2.55. The number of hydrogen-bond donors (Lipinski definition) is 6. The van der Waals surface area contributed by atoms with Gasteiger partial charge in [0.2, 0.25) is 0 Å². The predicted octanol–water partition coefficient (Wildman–Crippen LogP) is -0.0624. The Kier molecular flexibility index (Phi) is 9.25. The molecule has 0 radical (unpaired) electrons. The Labute approximate surface area is 180 Å². The number of hydrogen-bond acceptors (Lipinski definition) is 9. The van der Waals surface area contributed by atoms with Crippen LogP contribution in [0.3, 0.4) is 0 Å². The van der Waals surface area contributed by atoms with Crippen LogP contribution in [0.25, 0.3) is 0 Å². The van der Waals surface area contributed by atoms with Crippen molar-refractivity contribution in [2.45, 2.75) is 64.7 Å². The first kappa shape index (κ1) is 27.3. The standard InChI is InChI=1S/C16H32O13P2/c1-7-9(3)16(29-31(22,23)24)27-12(13(7)18)6-25-15-10(4)8(2)14(11(5-17)26-15)28-30(19,20)21/h7-18H,5-6H2,1-4H3,(H2,19,20,21)(H2,22,23,24)/t7-,8-,9-,10-,11-,12-,13+,14+,15-,16?/m1/s1. The van der Waals surface area contributed by atoms with Gasteiger partial charge in [0, 0.05) is 11.8 Å². The summed E-state index contributed by atoms with van der Waals surface area (Å²) >= 11 is 0. The topological polar surface area (TPSA) is 202 Å². The Morgan fingerprint density at radius 2 is 1.29 bits per heavy atom. The van der Waals surface area contributed by atoms with Gasteiger partial charge in [-0.1, -0.05) is 27.7 Å². The molecule has 0 spiro atoms. The van der Waals surface area contributed by atoms with Crippen molar-refractivity contribution in [3.63, 3.8) is 0 Å². The summed E-state index contributed by atoms with van der Waals surface area (Å²) in [6, 6.07) is 0. The maximum absolute atomic E-state index is 11.2. The Bertz CT molecular complexity index is 678. The molecule has 1 unspecified atom stereocenters. The SMILES string of the molecule is C[C@@H]1[C@@H](C)[C@H](OC[C@H]2OC(OP(=O)(O)O)[C@H](C)[C@@H](C)[C@@H]2O)O[C@H](CO)[C@H]1OP(=O)(O)O. The summed E-state index contributed by atoms with van der Waals surface area (Å²) in [5.41, 5.74) is 0. The van der Waals surface area contributed by atoms with Crippen molar-refractivity contribution in [3.05, 3.63) is 0 Å². The first-order valence-electron chi connectivity index (χ1n) is 9.84. The molecule has 0 aromatic heterocycles. The average molecular weight is 494 g/mol. The number of phosphoric acid groups is 2. The molecule has 0 bridgehead atoms. The number of aliphatic hydroxyl groups excluding tert-OH is 2. The number of ether oxygens (including phenoxy) is 3. The van der Waals surface area contributed by atoms with Crippen molar-refractivity contribution in [1.29, 1.82) is 0 Å². The fourth-order valence-corrected chi connectivity index (χ4v) is 4.93. The zero-order valence-corrected chi connectivity index (χ0v) is 19.4. The van der Waals surface area contributed by atoms with Gasteiger partial charge in [0.15, 0.2) is 12.6 Å². The molecule has 0 aromatic rings. The fraction of sp³-hybridized carbons (Fsp3) is 1.00. The molecule has 2 heterocycles. The molecule has 0 amide bonds. The fourth-order valence-electron chi connectivity index (χ4n) is 3.78. The number of aliphatic hydroxyl groups is 2. The van der Waals surface area contributed by atoms with Crippen molar-refractivity contribution in [1.82, 2.24) is 0 Å². The molecule has 13 nitrogen and oxygen atoms in total. The molecule has 0 aromatic carbocycles. The van der Waals surface area contributed by atoms with E-state index in [0.29, 0.717) is 0 Å². The van der Waals surface area contributed by atoms with E-state index in [9.17, 15) is 19.3 Å². The van der Waals surface area contributed by atoms with Gasteiger partial charge < -0.3 is 44.0 Å². The highest BCUT2D eigenvalue weighted by atomic mass is 31.2. The van der Waals surface area contributed by atoms with Crippen LogP contribution in [-0.4, -0.2) is 80.0 Å². The number of rotatable bonds is 8. The Morgan fingerprint density at radius 1 is 0.774 bits per heavy atom. The summed E-state index contributed by atoms with van der Waals surface area (Å²) in [5, 5.41) is 20.1. The van der Waals surface area contributed by atoms with Gasteiger partial charge in [0.1, 0.15) is 18.3 Å². The zero-order valence-electron chi connectivity index (χ0n) is 17.6. The molecule has 0 aliphatic carbocycles. The average Bonchev–Trinajstić information content (AvgIpc) is 2.64. The van der Waals surface area contributed by atoms with E-state index in [0.717, 1.165) is 0 Å². The highest BCUT2D eigenvalue weighted by Crippen LogP contribution is 2.45. The lowest BCUT2D eigenvalue weighted by Gasteiger charge is -2.45. The molecule has 184 valence electrons. The van der Waals surface area contributed by atoms with E-state index in [1.54, 1.807) is 27.7 Å². The van der Waals surface area contributed by atoms with E-state index >= 15 is 0 Å². The Morgan fingerprint density at radius 3 is 1.81 bits per heavy atom. The maximum atomic E-state index is 11.2. The molecule has 2 aliphatic rings. The quantitative estimate of drug-likeness (QED) is 0.245. The highest BCUT2D eigenvalue weighted by molar-refractivity contribution is 7.46. The van der Waals surface area contributed by atoms with Crippen LogP contribution >= 0.6 is 15.6 Å². The second-order valence-electron chi connectivity index (χ2n) is 8.19. The van der Waals surface area contributed by atoms with Crippen molar-refractivity contribution in [3.8, 4) is 0 Å². The maximum Gasteiger partial charge on any atom is 0.471 e. The van der Waals surface area contributed by atoms with Crippen molar-refractivity contribution in [2.75, 3.05) is 13.2 Å². The minimum absolute atomic E-state index is 0.219. The van der Waals surface area contributed by atoms with E-state index in [1.807, 2.05) is 0 Å². The smallest absolute Gasteiger partial charge is 0.394 e. The normalized spacial score (nSPS) is 42.5. The third-order valence-corrected chi connectivity index (χ3v) is 7.04. The van der Waals surface area contributed by atoms with E-state index in [2.05, 4.69) is 4.52 Å². The lowest BCUT2D eigenvalue weighted by molar-refractivity contribution is -0.294. The molecule has 2 aliphatic heterocycles. The van der Waals surface area contributed by atoms with Gasteiger partial charge in [-0.15, -0.1) is 0 Å². The zero-order chi connectivity index (χ0) is 23.7. The molecular weight excluding hydrogens is 462 g/mol. The van der Waals surface area contributed by atoms with Gasteiger partial charge >= 0.3 is 15.6 Å². The van der Waals surface area contributed by atoms with Gasteiger partial charge in [-0.05, 0) is 11.8 Å². The van der Waals surface area contributed by atoms with Crippen LogP contribution in [0.4, 0.5) is 0 Å². The number of phosphoric ester groups is 2. The first-order valence-corrected chi connectivity index (χ1v) is 12.9. The molecule has 0 saturated carbocycles. The van der Waals surface area contributed by atoms with Gasteiger partial charge in [-0.3, -0.25) is 9.05 Å². The summed E-state index contributed by atoms with van der Waals surface area (Å²) in [6.07, 6.45) is -6.31. The third kappa shape index (κ3) is 7.25. The predicted molar refractivity (Wildman–Crippen MR) is 103 cm³/mol. The van der Waals surface area contributed by atoms with Crippen LogP contribution in [-0.2, 0) is 32.4 Å². The summed E-state index contributed by atoms with van der Waals surface area (Å²) in [5.74, 6) is -1.81. The summed E-state index contributed by atoms with van der Waals surface area (Å²) in [6.45, 7) is 5.91. The Hall–Kier alpha value is 0.0200. The van der Waals surface area contributed by atoms with Crippen LogP contribution in [0.5, 0.6) is 0 Å². The van der Waals surface area contributed by atoms with Gasteiger partial charge in [0.25, 0.3) is 0 Å². The van der Waals surface area contributed by atoms with Crippen molar-refractivity contribution < 1.29 is 62.2 Å². The molecule has 31 heavy (non-hydrogen) atoms. The molecular formula is C16H32O13P2. The van der Waals surface area contributed by atoms with E-state index < -0.39 is 82.9 Å². The van der Waals surface area contributed by atoms with Gasteiger partial charge in [0.05, 0.1) is 19.3 Å². The monoisotopic (exact) mass is 494 g/mol. The van der Waals surface area contributed by atoms with Crippen LogP contribution in [0.2, 0.25) is 0 Å². The lowest BCUT2D eigenvalue weighted by atomic mass is 9.84. The second kappa shape index (κ2) is 10.5. The molecule has 2 fully saturated rings. The van der Waals surface area contributed by atoms with Crippen LogP contribution < -0.4 is 0 Å². The minimum Gasteiger partial charge on any atom is -0.394 e. The Balaban J connectivity index is 2.05. The molecule has 2 saturated heterocycles. The third-order valence-electron chi connectivity index (χ3n) is 6.04. The molecule has 2 rings (SSSR count). The summed E-state index contributed by atoms with van der Waals surface area (Å²) < 4.78 is 48.8. The van der Waals surface area contributed by atoms with E-state index in [1.165, 1.54) is 0 Å². The van der Waals surface area contributed by atoms with Crippen molar-refractivity contribution >= 4 is 15.6 Å². The van der Waals surface area contributed by atoms with Gasteiger partial charge in [-0.2, -0.15) is 0 Å². The van der Waals surface area contributed by atoms with E-state index in [4.69, 9.17) is 38.3 Å². The first-order chi connectivity index (χ1) is 14.1. The second-order valence-corrected chi connectivity index (χ2v) is 10.6. The van der Waals surface area contributed by atoms with Crippen LogP contribution in [0, 0.1) is 23.7 Å². The van der Waals surface area contributed by atoms with Crippen LogP contribution in [0.15, 0.2) is 0 Å². The highest BCUT2D eigenvalue weighted by Gasteiger charge is 2.47. The molecule has 6 N–H and O–H groups in total. The van der Waals surface area contributed by atoms with E-state index in [-0.39, 0.29) is 6.61 Å². The summed E-state index contributed by atoms with van der Waals surface area (Å²) in [7, 11) is -9.64. The minimum atomic E-state index is -4.82. The largest absolute Gasteiger partial charge is 0.471 e. The van der Waals surface area contributed by atoms with Gasteiger partial charge in [-0.25, -0.2) is 9.13 Å².